The third kappa shape index (κ3) is 4.73. The quantitative estimate of drug-likeness (QED) is 0.442. The topological polar surface area (TPSA) is 70.7 Å². The monoisotopic (exact) mass is 366 g/mol. The standard InChI is InChI=1S/C21H26N4O2/c1-4-22-21(23-13-16-9-10-18(26-2)12-20(16)27-3)24-14-17-11-15-7-5-6-8-19(15)25-17/h5-12,25H,4,13-14H2,1-3H3,(H2,22,23,24). The molecule has 142 valence electrons. The number of ether oxygens (including phenoxy) is 2. The van der Waals surface area contributed by atoms with Crippen molar-refractivity contribution in [3.8, 4) is 11.5 Å². The molecule has 0 radical (unpaired) electrons. The van der Waals surface area contributed by atoms with Gasteiger partial charge in [-0.3, -0.25) is 0 Å². The van der Waals surface area contributed by atoms with Crippen molar-refractivity contribution in [2.24, 2.45) is 4.99 Å². The number of aromatic amines is 1. The predicted octanol–water partition coefficient (Wildman–Crippen LogP) is 3.44. The summed E-state index contributed by atoms with van der Waals surface area (Å²) in [5.74, 6) is 2.29. The maximum Gasteiger partial charge on any atom is 0.191 e. The molecule has 27 heavy (non-hydrogen) atoms. The van der Waals surface area contributed by atoms with Crippen LogP contribution in [-0.2, 0) is 13.1 Å². The van der Waals surface area contributed by atoms with E-state index in [2.05, 4.69) is 38.8 Å². The summed E-state index contributed by atoms with van der Waals surface area (Å²) >= 11 is 0. The number of guanidine groups is 1. The van der Waals surface area contributed by atoms with Gasteiger partial charge in [-0.05, 0) is 36.6 Å². The van der Waals surface area contributed by atoms with E-state index in [1.54, 1.807) is 14.2 Å². The molecule has 1 heterocycles. The zero-order valence-electron chi connectivity index (χ0n) is 16.0. The van der Waals surface area contributed by atoms with Crippen LogP contribution in [0.5, 0.6) is 11.5 Å². The van der Waals surface area contributed by atoms with Gasteiger partial charge in [0.1, 0.15) is 11.5 Å². The van der Waals surface area contributed by atoms with E-state index in [0.29, 0.717) is 13.1 Å². The fourth-order valence-corrected chi connectivity index (χ4v) is 2.90. The normalized spacial score (nSPS) is 11.4. The number of aliphatic imine (C=N–C) groups is 1. The van der Waals surface area contributed by atoms with Crippen LogP contribution in [0.1, 0.15) is 18.2 Å². The van der Waals surface area contributed by atoms with Crippen LogP contribution in [0.25, 0.3) is 10.9 Å². The average Bonchev–Trinajstić information content (AvgIpc) is 3.13. The molecule has 6 nitrogen and oxygen atoms in total. The first kappa shape index (κ1) is 18.6. The van der Waals surface area contributed by atoms with Crippen molar-refractivity contribution in [1.82, 2.24) is 15.6 Å². The molecule has 0 amide bonds. The minimum absolute atomic E-state index is 0.509. The lowest BCUT2D eigenvalue weighted by Gasteiger charge is -2.12. The van der Waals surface area contributed by atoms with Gasteiger partial charge in [-0.25, -0.2) is 4.99 Å². The van der Waals surface area contributed by atoms with Crippen LogP contribution in [0.15, 0.2) is 53.5 Å². The molecule has 0 aliphatic heterocycles. The van der Waals surface area contributed by atoms with Gasteiger partial charge >= 0.3 is 0 Å². The Morgan fingerprint density at radius 2 is 1.89 bits per heavy atom. The third-order valence-electron chi connectivity index (χ3n) is 4.28. The molecule has 2 aromatic carbocycles. The molecule has 0 spiro atoms. The molecular weight excluding hydrogens is 340 g/mol. The summed E-state index contributed by atoms with van der Waals surface area (Å²) in [5, 5.41) is 7.85. The maximum absolute atomic E-state index is 5.45. The molecule has 0 fully saturated rings. The van der Waals surface area contributed by atoms with Gasteiger partial charge in [-0.1, -0.05) is 18.2 Å². The lowest BCUT2D eigenvalue weighted by Crippen LogP contribution is -2.36. The summed E-state index contributed by atoms with van der Waals surface area (Å²) in [6.07, 6.45) is 0. The van der Waals surface area contributed by atoms with E-state index in [1.165, 1.54) is 5.39 Å². The first-order chi connectivity index (χ1) is 13.2. The molecule has 3 aromatic rings. The zero-order chi connectivity index (χ0) is 19.1. The summed E-state index contributed by atoms with van der Waals surface area (Å²) in [5.41, 5.74) is 3.25. The highest BCUT2D eigenvalue weighted by molar-refractivity contribution is 5.81. The van der Waals surface area contributed by atoms with Crippen molar-refractivity contribution < 1.29 is 9.47 Å². The molecule has 0 saturated heterocycles. The van der Waals surface area contributed by atoms with Crippen LogP contribution in [0.3, 0.4) is 0 Å². The Kier molecular flexibility index (Phi) is 6.20. The molecule has 3 rings (SSSR count). The van der Waals surface area contributed by atoms with Gasteiger partial charge in [-0.15, -0.1) is 0 Å². The number of benzene rings is 2. The molecule has 3 N–H and O–H groups in total. The highest BCUT2D eigenvalue weighted by atomic mass is 16.5. The fraction of sp³-hybridized carbons (Fsp3) is 0.286. The van der Waals surface area contributed by atoms with Gasteiger partial charge in [0.15, 0.2) is 5.96 Å². The average molecular weight is 366 g/mol. The fourth-order valence-electron chi connectivity index (χ4n) is 2.90. The summed E-state index contributed by atoms with van der Waals surface area (Å²) in [6, 6.07) is 16.2. The number of H-pyrrole nitrogens is 1. The van der Waals surface area contributed by atoms with E-state index in [1.807, 2.05) is 37.3 Å². The number of nitrogens with one attached hydrogen (secondary N) is 3. The number of hydrogen-bond acceptors (Lipinski definition) is 3. The van der Waals surface area contributed by atoms with Crippen molar-refractivity contribution in [1.29, 1.82) is 0 Å². The Morgan fingerprint density at radius 3 is 2.63 bits per heavy atom. The number of nitrogens with zero attached hydrogens (tertiary/aromatic N) is 1. The van der Waals surface area contributed by atoms with Gasteiger partial charge in [0.2, 0.25) is 0 Å². The first-order valence-electron chi connectivity index (χ1n) is 9.03. The summed E-state index contributed by atoms with van der Waals surface area (Å²) in [6.45, 7) is 4.02. The van der Waals surface area contributed by atoms with Crippen molar-refractivity contribution in [3.05, 3.63) is 59.8 Å². The van der Waals surface area contributed by atoms with E-state index in [9.17, 15) is 0 Å². The Balaban J connectivity index is 1.69. The SMILES string of the molecule is CCNC(=NCc1ccc(OC)cc1OC)NCc1cc2ccccc2[nH]1. The second-order valence-corrected chi connectivity index (χ2v) is 6.11. The van der Waals surface area contributed by atoms with Crippen molar-refractivity contribution in [2.75, 3.05) is 20.8 Å². The molecule has 6 heteroatoms. The second-order valence-electron chi connectivity index (χ2n) is 6.11. The predicted molar refractivity (Wildman–Crippen MR) is 110 cm³/mol. The van der Waals surface area contributed by atoms with Gasteiger partial charge in [0.05, 0.1) is 27.3 Å². The minimum Gasteiger partial charge on any atom is -0.497 e. The highest BCUT2D eigenvalue weighted by Gasteiger charge is 2.06. The molecule has 0 aliphatic rings. The molecule has 0 aliphatic carbocycles. The Labute approximate surface area is 159 Å². The number of hydrogen-bond donors (Lipinski definition) is 3. The van der Waals surface area contributed by atoms with Crippen LogP contribution in [0.4, 0.5) is 0 Å². The number of rotatable bonds is 7. The van der Waals surface area contributed by atoms with Crippen LogP contribution in [-0.4, -0.2) is 31.7 Å². The van der Waals surface area contributed by atoms with Gasteiger partial charge in [0, 0.05) is 29.4 Å². The molecule has 0 saturated carbocycles. The van der Waals surface area contributed by atoms with Crippen molar-refractivity contribution in [3.63, 3.8) is 0 Å². The lowest BCUT2D eigenvalue weighted by atomic mass is 10.2. The Hall–Kier alpha value is -3.15. The number of para-hydroxylation sites is 1. The molecule has 0 unspecified atom stereocenters. The van der Waals surface area contributed by atoms with Crippen molar-refractivity contribution in [2.45, 2.75) is 20.0 Å². The van der Waals surface area contributed by atoms with Gasteiger partial charge < -0.3 is 25.1 Å². The maximum atomic E-state index is 5.45. The van der Waals surface area contributed by atoms with E-state index < -0.39 is 0 Å². The summed E-state index contributed by atoms with van der Waals surface area (Å²) < 4.78 is 10.7. The van der Waals surface area contributed by atoms with Gasteiger partial charge in [0.25, 0.3) is 0 Å². The van der Waals surface area contributed by atoms with E-state index in [0.717, 1.165) is 40.8 Å². The molecule has 1 aromatic heterocycles. The number of aromatic nitrogens is 1. The third-order valence-corrected chi connectivity index (χ3v) is 4.28. The lowest BCUT2D eigenvalue weighted by molar-refractivity contribution is 0.391. The number of fused-ring (bicyclic) bond motifs is 1. The highest BCUT2D eigenvalue weighted by Crippen LogP contribution is 2.25. The number of methoxy groups -OCH3 is 2. The molecular formula is C21H26N4O2. The van der Waals surface area contributed by atoms with Crippen LogP contribution in [0.2, 0.25) is 0 Å². The van der Waals surface area contributed by atoms with Crippen LogP contribution >= 0.6 is 0 Å². The minimum atomic E-state index is 0.509. The Bertz CT molecular complexity index is 884. The van der Waals surface area contributed by atoms with Gasteiger partial charge in [-0.2, -0.15) is 0 Å². The molecule has 0 bridgehead atoms. The second kappa shape index (κ2) is 8.98. The van der Waals surface area contributed by atoms with E-state index in [4.69, 9.17) is 9.47 Å². The first-order valence-corrected chi connectivity index (χ1v) is 9.03. The summed E-state index contributed by atoms with van der Waals surface area (Å²) in [4.78, 5) is 8.10. The summed E-state index contributed by atoms with van der Waals surface area (Å²) in [7, 11) is 3.30. The van der Waals surface area contributed by atoms with Crippen molar-refractivity contribution >= 4 is 16.9 Å². The van der Waals surface area contributed by atoms with Crippen LogP contribution < -0.4 is 20.1 Å². The smallest absolute Gasteiger partial charge is 0.191 e. The van der Waals surface area contributed by atoms with E-state index in [-0.39, 0.29) is 0 Å². The largest absolute Gasteiger partial charge is 0.497 e. The molecule has 0 atom stereocenters. The van der Waals surface area contributed by atoms with Crippen LogP contribution in [0, 0.1) is 0 Å². The Morgan fingerprint density at radius 1 is 1.04 bits per heavy atom. The zero-order valence-corrected chi connectivity index (χ0v) is 16.0. The van der Waals surface area contributed by atoms with E-state index >= 15 is 0 Å².